The molecule has 0 saturated heterocycles. The molecule has 1 rings (SSSR count). The van der Waals surface area contributed by atoms with Crippen LogP contribution >= 0.6 is 11.8 Å². The molecule has 0 aliphatic rings. The van der Waals surface area contributed by atoms with E-state index in [2.05, 4.69) is 9.97 Å². The van der Waals surface area contributed by atoms with Crippen molar-refractivity contribution in [3.05, 3.63) is 24.8 Å². The highest BCUT2D eigenvalue weighted by Crippen LogP contribution is 1.91. The van der Waals surface area contributed by atoms with Gasteiger partial charge in [0.2, 0.25) is 0 Å². The first-order chi connectivity index (χ1) is 5.00. The third-order valence-electron chi connectivity index (χ3n) is 0.478. The lowest BCUT2D eigenvalue weighted by molar-refractivity contribution is -0.747. The Kier molecular flexibility index (Phi) is 4.74. The van der Waals surface area contributed by atoms with E-state index in [1.54, 1.807) is 18.5 Å². The summed E-state index contributed by atoms with van der Waals surface area (Å²) in [6.45, 7) is 0. The molecule has 0 N–H and O–H groups in total. The highest BCUT2D eigenvalue weighted by atomic mass is 35.5. The first-order valence-corrected chi connectivity index (χ1v) is 3.55. The van der Waals surface area contributed by atoms with Gasteiger partial charge < -0.3 is 0 Å². The van der Waals surface area contributed by atoms with E-state index in [9.17, 15) is 0 Å². The maximum atomic E-state index is 5.47. The molecule has 0 aliphatic heterocycles. The van der Waals surface area contributed by atoms with Gasteiger partial charge in [-0.05, 0) is 6.07 Å². The first-order valence-electron chi connectivity index (χ1n) is 3.21. The lowest BCUT2D eigenvalue weighted by Crippen LogP contribution is -2.19. The molecule has 0 radical (unpaired) electrons. The predicted octanol–water partition coefficient (Wildman–Crippen LogP) is 1.32. The fraction of sp³-hybridized carbons (Fsp3) is 0.429. The van der Waals surface area contributed by atoms with E-state index in [-0.39, 0.29) is 0 Å². The zero-order valence-electron chi connectivity index (χ0n) is 7.03. The summed E-state index contributed by atoms with van der Waals surface area (Å²) < 4.78 is 0.472. The monoisotopic (exact) mass is 174 g/mol. The fourth-order valence-electron chi connectivity index (χ4n) is 0.253. The van der Waals surface area contributed by atoms with Gasteiger partial charge in [0, 0.05) is 12.4 Å². The quantitative estimate of drug-likeness (QED) is 0.555. The van der Waals surface area contributed by atoms with Gasteiger partial charge in [-0.2, -0.15) is 0 Å². The normalized spacial score (nSPS) is 9.82. The van der Waals surface area contributed by atoms with Crippen molar-refractivity contribution in [1.29, 1.82) is 0 Å². The number of halogens is 1. The zero-order valence-corrected chi connectivity index (χ0v) is 7.78. The van der Waals surface area contributed by atoms with Crippen molar-refractivity contribution in [2.24, 2.45) is 0 Å². The summed E-state index contributed by atoms with van der Waals surface area (Å²) in [6.07, 6.45) is 4.88. The van der Waals surface area contributed by atoms with Crippen LogP contribution in [-0.2, 0) is 0 Å². The number of hydrogen-bond donors (Lipinski definition) is 0. The van der Waals surface area contributed by atoms with Crippen LogP contribution in [0, 0.1) is 0 Å². The number of hydrogen-bond acceptors (Lipinski definition) is 2. The summed E-state index contributed by atoms with van der Waals surface area (Å²) >= 11 is 5.47. The van der Waals surface area contributed by atoms with Crippen LogP contribution in [0.2, 0.25) is 0 Å². The molecule has 1 aromatic rings. The summed E-state index contributed by atoms with van der Waals surface area (Å²) in [5.74, 6) is 0. The van der Waals surface area contributed by atoms with Gasteiger partial charge in [-0.15, -0.1) is 0 Å². The van der Waals surface area contributed by atoms with E-state index in [4.69, 9.17) is 11.8 Å². The molecule has 4 heteroatoms. The number of rotatable bonds is 0. The van der Waals surface area contributed by atoms with E-state index in [1.165, 1.54) is 6.33 Å². The minimum absolute atomic E-state index is 0.472. The summed E-state index contributed by atoms with van der Waals surface area (Å²) in [4.78, 5) is 7.35. The smallest absolute Gasteiger partial charge is 0.164 e. The molecule has 0 atom stereocenters. The molecule has 1 aromatic heterocycles. The Bertz CT molecular complexity index is 138. The molecule has 1 heterocycles. The SMILES string of the molecule is C[N+](C)(C)Cl.c1cncnc1. The van der Waals surface area contributed by atoms with Crippen LogP contribution in [0.3, 0.4) is 0 Å². The highest BCUT2D eigenvalue weighted by molar-refractivity contribution is 6.06. The average Bonchev–Trinajstić information content (AvgIpc) is 1.88. The molecule has 0 spiro atoms. The molecular formula is C7H13ClN3+. The van der Waals surface area contributed by atoms with E-state index >= 15 is 0 Å². The Morgan fingerprint density at radius 1 is 1.09 bits per heavy atom. The molecule has 3 nitrogen and oxygen atoms in total. The summed E-state index contributed by atoms with van der Waals surface area (Å²) in [7, 11) is 5.67. The van der Waals surface area contributed by atoms with E-state index < -0.39 is 0 Å². The van der Waals surface area contributed by atoms with Gasteiger partial charge in [0.15, 0.2) is 11.8 Å². The van der Waals surface area contributed by atoms with Crippen molar-refractivity contribution >= 4 is 11.8 Å². The summed E-state index contributed by atoms with van der Waals surface area (Å²) in [6, 6.07) is 1.78. The van der Waals surface area contributed by atoms with Crippen LogP contribution in [0.1, 0.15) is 0 Å². The predicted molar refractivity (Wildman–Crippen MR) is 45.9 cm³/mol. The van der Waals surface area contributed by atoms with Crippen LogP contribution in [0.15, 0.2) is 24.8 Å². The maximum absolute atomic E-state index is 5.47. The topological polar surface area (TPSA) is 25.8 Å². The Morgan fingerprint density at radius 2 is 1.45 bits per heavy atom. The van der Waals surface area contributed by atoms with Crippen molar-refractivity contribution in [3.8, 4) is 0 Å². The first kappa shape index (κ1) is 10.3. The van der Waals surface area contributed by atoms with E-state index in [0.717, 1.165) is 0 Å². The highest BCUT2D eigenvalue weighted by Gasteiger charge is 1.95. The fourth-order valence-corrected chi connectivity index (χ4v) is 0.253. The minimum Gasteiger partial charge on any atom is -0.245 e. The average molecular weight is 175 g/mol. The van der Waals surface area contributed by atoms with Gasteiger partial charge in [-0.1, -0.05) is 0 Å². The largest absolute Gasteiger partial charge is 0.245 e. The second kappa shape index (κ2) is 5.04. The van der Waals surface area contributed by atoms with Crippen LogP contribution in [0.5, 0.6) is 0 Å². The van der Waals surface area contributed by atoms with E-state index in [1.807, 2.05) is 21.1 Å². The number of quaternary nitrogens is 1. The number of aromatic nitrogens is 2. The summed E-state index contributed by atoms with van der Waals surface area (Å²) in [5, 5.41) is 0. The minimum atomic E-state index is 0.472. The van der Waals surface area contributed by atoms with Crippen LogP contribution in [-0.4, -0.2) is 35.1 Å². The van der Waals surface area contributed by atoms with Crippen LogP contribution in [0.25, 0.3) is 0 Å². The van der Waals surface area contributed by atoms with Gasteiger partial charge in [-0.3, -0.25) is 0 Å². The second-order valence-corrected chi connectivity index (χ2v) is 3.77. The maximum Gasteiger partial charge on any atom is 0.164 e. The summed E-state index contributed by atoms with van der Waals surface area (Å²) in [5.41, 5.74) is 0. The van der Waals surface area contributed by atoms with Crippen molar-refractivity contribution in [3.63, 3.8) is 0 Å². The van der Waals surface area contributed by atoms with Crippen molar-refractivity contribution < 1.29 is 4.00 Å². The molecule has 0 fully saturated rings. The molecule has 0 bridgehead atoms. The Morgan fingerprint density at radius 3 is 1.55 bits per heavy atom. The molecular weight excluding hydrogens is 162 g/mol. The van der Waals surface area contributed by atoms with Crippen molar-refractivity contribution in [1.82, 2.24) is 9.97 Å². The standard InChI is InChI=1S/C4H4N2.C3H9ClN/c1-2-5-4-6-3-1;1-5(2,3)4/h1-4H;1-3H3/q;+1. The van der Waals surface area contributed by atoms with Gasteiger partial charge in [0.1, 0.15) is 6.33 Å². The van der Waals surface area contributed by atoms with Gasteiger partial charge in [0.25, 0.3) is 0 Å². The van der Waals surface area contributed by atoms with Crippen LogP contribution < -0.4 is 0 Å². The Hall–Kier alpha value is -0.670. The molecule has 11 heavy (non-hydrogen) atoms. The lowest BCUT2D eigenvalue weighted by atomic mass is 10.7. The van der Waals surface area contributed by atoms with Crippen LogP contribution in [0.4, 0.5) is 0 Å². The molecule has 0 aliphatic carbocycles. The van der Waals surface area contributed by atoms with Gasteiger partial charge >= 0.3 is 0 Å². The Balaban J connectivity index is 0.000000187. The molecule has 62 valence electrons. The van der Waals surface area contributed by atoms with Gasteiger partial charge in [-0.25, -0.2) is 14.0 Å². The zero-order chi connectivity index (χ0) is 8.74. The van der Waals surface area contributed by atoms with Gasteiger partial charge in [0.05, 0.1) is 21.1 Å². The third kappa shape index (κ3) is 17.6. The molecule has 0 unspecified atom stereocenters. The van der Waals surface area contributed by atoms with Crippen molar-refractivity contribution in [2.45, 2.75) is 0 Å². The van der Waals surface area contributed by atoms with Crippen molar-refractivity contribution in [2.75, 3.05) is 21.1 Å². The lowest BCUT2D eigenvalue weighted by Gasteiger charge is -2.07. The molecule has 0 saturated carbocycles. The molecule has 0 aromatic carbocycles. The third-order valence-corrected chi connectivity index (χ3v) is 0.478. The second-order valence-electron chi connectivity index (χ2n) is 2.75. The number of nitrogens with zero attached hydrogens (tertiary/aromatic N) is 3. The Labute approximate surface area is 72.4 Å². The molecule has 0 amide bonds. The van der Waals surface area contributed by atoms with E-state index in [0.29, 0.717) is 4.00 Å².